The molecule has 0 spiro atoms. The highest BCUT2D eigenvalue weighted by Gasteiger charge is 2.35. The Morgan fingerprint density at radius 2 is 1.87 bits per heavy atom. The number of hydrogen-bond donors (Lipinski definition) is 0. The van der Waals surface area contributed by atoms with E-state index in [4.69, 9.17) is 4.52 Å². The molecule has 2 aromatic heterocycles. The van der Waals surface area contributed by atoms with Gasteiger partial charge in [-0.05, 0) is 49.2 Å². The molecule has 1 aliphatic rings. The van der Waals surface area contributed by atoms with Crippen molar-refractivity contribution < 1.29 is 9.32 Å². The van der Waals surface area contributed by atoms with Crippen molar-refractivity contribution in [1.82, 2.24) is 19.9 Å². The van der Waals surface area contributed by atoms with Crippen molar-refractivity contribution in [2.75, 3.05) is 11.4 Å². The Kier molecular flexibility index (Phi) is 4.66. The molecule has 3 heterocycles. The minimum Gasteiger partial charge on any atom is -0.339 e. The van der Waals surface area contributed by atoms with Crippen molar-refractivity contribution in [3.8, 4) is 22.6 Å². The summed E-state index contributed by atoms with van der Waals surface area (Å²) in [4.78, 5) is 19.1. The van der Waals surface area contributed by atoms with Crippen molar-refractivity contribution in [2.24, 2.45) is 7.05 Å². The fourth-order valence-corrected chi connectivity index (χ4v) is 4.01. The number of aromatic nitrogens is 4. The van der Waals surface area contributed by atoms with E-state index in [0.717, 1.165) is 22.5 Å². The standard InChI is InChI=1S/C24H23N5O2/c1-15-7-8-20(11-16(15)2)29-14-19(13-22(29)30)24-26-23(27-31-24)18-6-4-5-17(12-18)21-9-10-25-28(21)3/h4-12,19H,13-14H2,1-3H3. The van der Waals surface area contributed by atoms with Gasteiger partial charge in [-0.15, -0.1) is 0 Å². The molecule has 0 N–H and O–H groups in total. The van der Waals surface area contributed by atoms with Crippen LogP contribution in [-0.4, -0.2) is 32.4 Å². The van der Waals surface area contributed by atoms with Crippen molar-refractivity contribution in [1.29, 1.82) is 0 Å². The van der Waals surface area contributed by atoms with Gasteiger partial charge in [0.05, 0.1) is 11.6 Å². The van der Waals surface area contributed by atoms with Crippen LogP contribution in [0.15, 0.2) is 59.3 Å². The average molecular weight is 413 g/mol. The maximum Gasteiger partial charge on any atom is 0.232 e. The normalized spacial score (nSPS) is 16.3. The van der Waals surface area contributed by atoms with Gasteiger partial charge in [-0.1, -0.05) is 29.4 Å². The van der Waals surface area contributed by atoms with Gasteiger partial charge >= 0.3 is 0 Å². The lowest BCUT2D eigenvalue weighted by atomic mass is 10.1. The highest BCUT2D eigenvalue weighted by Crippen LogP contribution is 2.33. The summed E-state index contributed by atoms with van der Waals surface area (Å²) in [6.45, 7) is 4.66. The Hall–Kier alpha value is -3.74. The Morgan fingerprint density at radius 1 is 1.03 bits per heavy atom. The third kappa shape index (κ3) is 3.52. The van der Waals surface area contributed by atoms with Crippen LogP contribution >= 0.6 is 0 Å². The van der Waals surface area contributed by atoms with Crippen LogP contribution in [0.2, 0.25) is 0 Å². The average Bonchev–Trinajstić information content (AvgIpc) is 3.50. The van der Waals surface area contributed by atoms with E-state index in [1.54, 1.807) is 6.20 Å². The molecule has 7 heteroatoms. The number of carbonyl (C=O) groups excluding carboxylic acids is 1. The highest BCUT2D eigenvalue weighted by molar-refractivity contribution is 5.96. The van der Waals surface area contributed by atoms with Crippen LogP contribution in [0.1, 0.15) is 29.4 Å². The predicted octanol–water partition coefficient (Wildman–Crippen LogP) is 4.27. The number of rotatable bonds is 4. The Bertz CT molecular complexity index is 1270. The van der Waals surface area contributed by atoms with E-state index in [-0.39, 0.29) is 11.8 Å². The molecule has 1 aliphatic heterocycles. The molecule has 4 aromatic rings. The van der Waals surface area contributed by atoms with Crippen molar-refractivity contribution >= 4 is 11.6 Å². The van der Waals surface area contributed by atoms with Gasteiger partial charge in [0.2, 0.25) is 17.6 Å². The largest absolute Gasteiger partial charge is 0.339 e. The van der Waals surface area contributed by atoms with Crippen LogP contribution in [0.25, 0.3) is 22.6 Å². The number of anilines is 1. The van der Waals surface area contributed by atoms with Gasteiger partial charge < -0.3 is 9.42 Å². The maximum absolute atomic E-state index is 12.7. The first-order valence-electron chi connectivity index (χ1n) is 10.3. The SMILES string of the molecule is Cc1ccc(N2CC(c3nc(-c4cccc(-c5ccnn5C)c4)no3)CC2=O)cc1C. The number of hydrogen-bond acceptors (Lipinski definition) is 5. The Labute approximate surface area is 180 Å². The zero-order valence-electron chi connectivity index (χ0n) is 17.7. The monoisotopic (exact) mass is 413 g/mol. The van der Waals surface area contributed by atoms with E-state index < -0.39 is 0 Å². The molecule has 1 saturated heterocycles. The number of nitrogens with zero attached hydrogens (tertiary/aromatic N) is 5. The third-order valence-corrected chi connectivity index (χ3v) is 5.96. The summed E-state index contributed by atoms with van der Waals surface area (Å²) in [6, 6.07) is 16.0. The lowest BCUT2D eigenvalue weighted by Gasteiger charge is -2.17. The van der Waals surface area contributed by atoms with E-state index in [2.05, 4.69) is 35.2 Å². The molecule has 0 aliphatic carbocycles. The van der Waals surface area contributed by atoms with Crippen LogP contribution in [0.3, 0.4) is 0 Å². The molecule has 2 aromatic carbocycles. The van der Waals surface area contributed by atoms with E-state index in [0.29, 0.717) is 24.7 Å². The summed E-state index contributed by atoms with van der Waals surface area (Å²) in [5.41, 5.74) is 6.20. The van der Waals surface area contributed by atoms with Crippen molar-refractivity contribution in [3.05, 3.63) is 71.7 Å². The second kappa shape index (κ2) is 7.50. The van der Waals surface area contributed by atoms with Gasteiger partial charge in [0, 0.05) is 43.0 Å². The fraction of sp³-hybridized carbons (Fsp3) is 0.250. The van der Waals surface area contributed by atoms with Gasteiger partial charge in [0.25, 0.3) is 0 Å². The van der Waals surface area contributed by atoms with E-state index in [9.17, 15) is 4.79 Å². The molecule has 31 heavy (non-hydrogen) atoms. The van der Waals surface area contributed by atoms with Crippen molar-refractivity contribution in [3.63, 3.8) is 0 Å². The second-order valence-electron chi connectivity index (χ2n) is 8.05. The van der Waals surface area contributed by atoms with E-state index in [1.165, 1.54) is 11.1 Å². The van der Waals surface area contributed by atoms with Gasteiger partial charge in [-0.25, -0.2) is 0 Å². The molecule has 1 amide bonds. The van der Waals surface area contributed by atoms with Crippen LogP contribution in [-0.2, 0) is 11.8 Å². The molecule has 1 unspecified atom stereocenters. The zero-order valence-corrected chi connectivity index (χ0v) is 17.7. The molecule has 7 nitrogen and oxygen atoms in total. The summed E-state index contributed by atoms with van der Waals surface area (Å²) < 4.78 is 7.40. The van der Waals surface area contributed by atoms with Crippen LogP contribution in [0.5, 0.6) is 0 Å². The van der Waals surface area contributed by atoms with Crippen LogP contribution in [0, 0.1) is 13.8 Å². The summed E-state index contributed by atoms with van der Waals surface area (Å²) in [6.07, 6.45) is 2.14. The van der Waals surface area contributed by atoms with E-state index >= 15 is 0 Å². The van der Waals surface area contributed by atoms with Crippen molar-refractivity contribution in [2.45, 2.75) is 26.2 Å². The summed E-state index contributed by atoms with van der Waals surface area (Å²) in [5, 5.41) is 8.42. The van der Waals surface area contributed by atoms with E-state index in [1.807, 2.05) is 59.1 Å². The fourth-order valence-electron chi connectivity index (χ4n) is 4.01. The molecule has 156 valence electrons. The molecular weight excluding hydrogens is 390 g/mol. The van der Waals surface area contributed by atoms with Crippen LogP contribution in [0.4, 0.5) is 5.69 Å². The lowest BCUT2D eigenvalue weighted by molar-refractivity contribution is -0.117. The first kappa shape index (κ1) is 19.2. The first-order valence-corrected chi connectivity index (χ1v) is 10.3. The number of carbonyl (C=O) groups is 1. The smallest absolute Gasteiger partial charge is 0.232 e. The maximum atomic E-state index is 12.7. The van der Waals surface area contributed by atoms with Gasteiger partial charge in [-0.3, -0.25) is 9.48 Å². The molecule has 1 fully saturated rings. The lowest BCUT2D eigenvalue weighted by Crippen LogP contribution is -2.24. The zero-order chi connectivity index (χ0) is 21.5. The molecule has 0 saturated carbocycles. The Balaban J connectivity index is 1.38. The third-order valence-electron chi connectivity index (χ3n) is 5.96. The molecule has 0 radical (unpaired) electrons. The predicted molar refractivity (Wildman–Crippen MR) is 118 cm³/mol. The Morgan fingerprint density at radius 3 is 2.65 bits per heavy atom. The molecule has 5 rings (SSSR count). The summed E-state index contributed by atoms with van der Waals surface area (Å²) >= 11 is 0. The van der Waals surface area contributed by atoms with Gasteiger partial charge in [0.1, 0.15) is 0 Å². The number of benzene rings is 2. The summed E-state index contributed by atoms with van der Waals surface area (Å²) in [5.74, 6) is 0.985. The quantitative estimate of drug-likeness (QED) is 0.499. The second-order valence-corrected chi connectivity index (χ2v) is 8.05. The van der Waals surface area contributed by atoms with Crippen LogP contribution < -0.4 is 4.90 Å². The highest BCUT2D eigenvalue weighted by atomic mass is 16.5. The topological polar surface area (TPSA) is 77.1 Å². The molecule has 1 atom stereocenters. The first-order chi connectivity index (χ1) is 15.0. The number of aryl methyl sites for hydroxylation is 3. The van der Waals surface area contributed by atoms with Gasteiger partial charge in [-0.2, -0.15) is 10.1 Å². The number of amides is 1. The summed E-state index contributed by atoms with van der Waals surface area (Å²) in [7, 11) is 1.91. The molecule has 0 bridgehead atoms. The minimum atomic E-state index is -0.115. The van der Waals surface area contributed by atoms with Gasteiger partial charge in [0.15, 0.2) is 0 Å². The minimum absolute atomic E-state index is 0.0752. The molecular formula is C24H23N5O2.